The minimum Gasteiger partial charge on any atom is -0.465 e. The third-order valence-corrected chi connectivity index (χ3v) is 7.92. The van der Waals surface area contributed by atoms with Crippen LogP contribution in [0.4, 0.5) is 16.3 Å². The smallest absolute Gasteiger partial charge is 0.407 e. The van der Waals surface area contributed by atoms with Crippen molar-refractivity contribution in [3.8, 4) is 11.1 Å². The Hall–Kier alpha value is -3.85. The van der Waals surface area contributed by atoms with Crippen molar-refractivity contribution in [2.24, 2.45) is 7.05 Å². The zero-order chi connectivity index (χ0) is 27.5. The van der Waals surface area contributed by atoms with Gasteiger partial charge in [-0.3, -0.25) is 9.69 Å². The van der Waals surface area contributed by atoms with Crippen LogP contribution in [-0.4, -0.2) is 82.9 Å². The van der Waals surface area contributed by atoms with Crippen LogP contribution >= 0.6 is 0 Å². The molecule has 0 spiro atoms. The number of nitrogens with zero attached hydrogens (tertiary/aromatic N) is 6. The van der Waals surface area contributed by atoms with E-state index in [0.717, 1.165) is 86.1 Å². The molecule has 5 rings (SSSR count). The molecule has 39 heavy (non-hydrogen) atoms. The van der Waals surface area contributed by atoms with Gasteiger partial charge < -0.3 is 24.4 Å². The first-order chi connectivity index (χ1) is 18.8. The van der Waals surface area contributed by atoms with Gasteiger partial charge in [-0.2, -0.15) is 0 Å². The number of amides is 1. The number of rotatable bonds is 6. The van der Waals surface area contributed by atoms with Gasteiger partial charge in [0.25, 0.3) is 5.56 Å². The Morgan fingerprint density at radius 2 is 1.59 bits per heavy atom. The van der Waals surface area contributed by atoms with Gasteiger partial charge in [-0.25, -0.2) is 9.78 Å². The summed E-state index contributed by atoms with van der Waals surface area (Å²) < 4.78 is 1.65. The summed E-state index contributed by atoms with van der Waals surface area (Å²) in [7, 11) is 1.80. The van der Waals surface area contributed by atoms with Gasteiger partial charge in [0.05, 0.1) is 5.69 Å². The standard InChI is InChI=1S/C30H38N6O3/c1-4-27-26(24-19-22(2)29(37)32(3)21-24)9-10-28(31-27)35-13-11-33(12-14-35)20-23-5-7-25(8-6-23)34-15-17-36(18-16-34)30(38)39/h5-10,19,21H,4,11-18,20H2,1-3H3,(H,38,39). The lowest BCUT2D eigenvalue weighted by molar-refractivity contribution is 0.142. The van der Waals surface area contributed by atoms with Crippen LogP contribution in [0.1, 0.15) is 23.7 Å². The van der Waals surface area contributed by atoms with Gasteiger partial charge >= 0.3 is 6.09 Å². The van der Waals surface area contributed by atoms with E-state index in [1.807, 2.05) is 19.2 Å². The van der Waals surface area contributed by atoms with Gasteiger partial charge in [0.2, 0.25) is 0 Å². The fourth-order valence-electron chi connectivity index (χ4n) is 5.58. The maximum absolute atomic E-state index is 12.1. The Kier molecular flexibility index (Phi) is 7.88. The molecule has 0 aliphatic carbocycles. The number of carboxylic acid groups (broad SMARTS) is 1. The van der Waals surface area contributed by atoms with Crippen molar-refractivity contribution < 1.29 is 9.90 Å². The number of anilines is 2. The second kappa shape index (κ2) is 11.5. The zero-order valence-electron chi connectivity index (χ0n) is 23.1. The van der Waals surface area contributed by atoms with E-state index in [4.69, 9.17) is 10.1 Å². The van der Waals surface area contributed by atoms with Crippen LogP contribution in [0.2, 0.25) is 0 Å². The van der Waals surface area contributed by atoms with E-state index in [1.54, 1.807) is 11.6 Å². The highest BCUT2D eigenvalue weighted by molar-refractivity contribution is 5.68. The van der Waals surface area contributed by atoms with Crippen LogP contribution in [0, 0.1) is 6.92 Å². The number of hydrogen-bond donors (Lipinski definition) is 1. The maximum atomic E-state index is 12.1. The Morgan fingerprint density at radius 1 is 0.923 bits per heavy atom. The number of piperazine rings is 2. The van der Waals surface area contributed by atoms with E-state index in [0.29, 0.717) is 13.1 Å². The predicted molar refractivity (Wildman–Crippen MR) is 155 cm³/mol. The molecule has 4 heterocycles. The summed E-state index contributed by atoms with van der Waals surface area (Å²) in [5.74, 6) is 1.02. The molecule has 0 radical (unpaired) electrons. The number of pyridine rings is 2. The van der Waals surface area contributed by atoms with Gasteiger partial charge in [0.1, 0.15) is 5.82 Å². The number of carbonyl (C=O) groups is 1. The van der Waals surface area contributed by atoms with Gasteiger partial charge in [0.15, 0.2) is 0 Å². The molecular formula is C30H38N6O3. The summed E-state index contributed by atoms with van der Waals surface area (Å²) in [5.41, 5.74) is 6.39. The summed E-state index contributed by atoms with van der Waals surface area (Å²) in [4.78, 5) is 36.9. The zero-order valence-corrected chi connectivity index (χ0v) is 23.1. The van der Waals surface area contributed by atoms with Crippen LogP contribution in [0.5, 0.6) is 0 Å². The fourth-order valence-corrected chi connectivity index (χ4v) is 5.58. The van der Waals surface area contributed by atoms with Crippen LogP contribution in [0.3, 0.4) is 0 Å². The van der Waals surface area contributed by atoms with Gasteiger partial charge in [-0.1, -0.05) is 19.1 Å². The monoisotopic (exact) mass is 530 g/mol. The van der Waals surface area contributed by atoms with Crippen LogP contribution in [0.25, 0.3) is 11.1 Å². The Bertz CT molecular complexity index is 1340. The average molecular weight is 531 g/mol. The topological polar surface area (TPSA) is 85.2 Å². The quantitative estimate of drug-likeness (QED) is 0.523. The van der Waals surface area contributed by atoms with Crippen molar-refractivity contribution in [2.45, 2.75) is 26.8 Å². The summed E-state index contributed by atoms with van der Waals surface area (Å²) in [6.07, 6.45) is 1.90. The van der Waals surface area contributed by atoms with Crippen molar-refractivity contribution in [1.82, 2.24) is 19.4 Å². The molecule has 2 aliphatic heterocycles. The largest absolute Gasteiger partial charge is 0.465 e. The van der Waals surface area contributed by atoms with Crippen LogP contribution < -0.4 is 15.4 Å². The first-order valence-corrected chi connectivity index (χ1v) is 13.8. The molecule has 0 bridgehead atoms. The van der Waals surface area contributed by atoms with E-state index >= 15 is 0 Å². The van der Waals surface area contributed by atoms with Gasteiger partial charge in [0, 0.05) is 94.5 Å². The lowest BCUT2D eigenvalue weighted by atomic mass is 10.0. The molecule has 0 unspecified atom stereocenters. The second-order valence-electron chi connectivity index (χ2n) is 10.5. The minimum absolute atomic E-state index is 0.0335. The van der Waals surface area contributed by atoms with Crippen molar-refractivity contribution in [3.63, 3.8) is 0 Å². The van der Waals surface area contributed by atoms with Gasteiger partial charge in [-0.05, 0) is 49.2 Å². The van der Waals surface area contributed by atoms with E-state index in [-0.39, 0.29) is 5.56 Å². The van der Waals surface area contributed by atoms with Crippen molar-refractivity contribution in [3.05, 3.63) is 75.8 Å². The molecule has 2 saturated heterocycles. The van der Waals surface area contributed by atoms with Crippen LogP contribution in [0.15, 0.2) is 53.5 Å². The lowest BCUT2D eigenvalue weighted by Crippen LogP contribution is -2.48. The fraction of sp³-hybridized carbons (Fsp3) is 0.433. The molecule has 0 atom stereocenters. The molecule has 9 heteroatoms. The molecule has 2 fully saturated rings. The molecule has 1 N–H and O–H groups in total. The SMILES string of the molecule is CCc1nc(N2CCN(Cc3ccc(N4CCN(C(=O)O)CC4)cc3)CC2)ccc1-c1cc(C)c(=O)n(C)c1. The molecule has 2 aliphatic rings. The van der Waals surface area contributed by atoms with Gasteiger partial charge in [-0.15, -0.1) is 0 Å². The molecule has 1 amide bonds. The normalized spacial score (nSPS) is 16.5. The van der Waals surface area contributed by atoms with Crippen LogP contribution in [-0.2, 0) is 20.0 Å². The Labute approximate surface area is 229 Å². The molecular weight excluding hydrogens is 492 g/mol. The second-order valence-corrected chi connectivity index (χ2v) is 10.5. The highest BCUT2D eigenvalue weighted by Crippen LogP contribution is 2.27. The first kappa shape index (κ1) is 26.7. The first-order valence-electron chi connectivity index (χ1n) is 13.8. The summed E-state index contributed by atoms with van der Waals surface area (Å²) in [6.45, 7) is 11.3. The summed E-state index contributed by atoms with van der Waals surface area (Å²) in [5, 5.41) is 9.16. The number of aryl methyl sites for hydroxylation is 3. The number of hydrogen-bond acceptors (Lipinski definition) is 6. The predicted octanol–water partition coefficient (Wildman–Crippen LogP) is 3.44. The van der Waals surface area contributed by atoms with E-state index in [2.05, 4.69) is 58.0 Å². The van der Waals surface area contributed by atoms with Crippen molar-refractivity contribution in [1.29, 1.82) is 0 Å². The number of aromatic nitrogens is 2. The van der Waals surface area contributed by atoms with E-state index in [1.165, 1.54) is 10.5 Å². The van der Waals surface area contributed by atoms with Crippen molar-refractivity contribution in [2.75, 3.05) is 62.2 Å². The Morgan fingerprint density at radius 3 is 2.21 bits per heavy atom. The molecule has 3 aromatic rings. The molecule has 2 aromatic heterocycles. The van der Waals surface area contributed by atoms with Crippen molar-refractivity contribution >= 4 is 17.6 Å². The molecule has 1 aromatic carbocycles. The average Bonchev–Trinajstić information content (AvgIpc) is 2.96. The molecule has 9 nitrogen and oxygen atoms in total. The maximum Gasteiger partial charge on any atom is 0.407 e. The Balaban J connectivity index is 1.17. The van der Waals surface area contributed by atoms with E-state index in [9.17, 15) is 9.59 Å². The molecule has 206 valence electrons. The van der Waals surface area contributed by atoms with E-state index < -0.39 is 6.09 Å². The highest BCUT2D eigenvalue weighted by Gasteiger charge is 2.22. The third kappa shape index (κ3) is 5.93. The third-order valence-electron chi connectivity index (χ3n) is 7.92. The highest BCUT2D eigenvalue weighted by atomic mass is 16.4. The number of benzene rings is 1. The molecule has 0 saturated carbocycles. The summed E-state index contributed by atoms with van der Waals surface area (Å²) in [6, 6.07) is 14.9. The minimum atomic E-state index is -0.833. The lowest BCUT2D eigenvalue weighted by Gasteiger charge is -2.36. The summed E-state index contributed by atoms with van der Waals surface area (Å²) >= 11 is 0.